The van der Waals surface area contributed by atoms with Gasteiger partial charge in [-0.2, -0.15) is 4.98 Å². The van der Waals surface area contributed by atoms with E-state index in [1.54, 1.807) is 0 Å². The van der Waals surface area contributed by atoms with Crippen molar-refractivity contribution in [2.24, 2.45) is 5.73 Å². The summed E-state index contributed by atoms with van der Waals surface area (Å²) in [5.74, 6) is 1.33. The van der Waals surface area contributed by atoms with Crippen LogP contribution >= 0.6 is 0 Å². The van der Waals surface area contributed by atoms with E-state index >= 15 is 0 Å². The van der Waals surface area contributed by atoms with Crippen LogP contribution in [0.3, 0.4) is 0 Å². The summed E-state index contributed by atoms with van der Waals surface area (Å²) < 4.78 is 11.4. The fraction of sp³-hybridized carbons (Fsp3) is 0.440. The van der Waals surface area contributed by atoms with Gasteiger partial charge in [0.05, 0.1) is 6.10 Å². The number of aliphatic hydroxyl groups excluding tert-OH is 2. The molecule has 1 unspecified atom stereocenters. The lowest BCUT2D eigenvalue weighted by Gasteiger charge is -2.18. The Hall–Kier alpha value is -3.50. The van der Waals surface area contributed by atoms with E-state index in [1.165, 1.54) is 0 Å². The zero-order chi connectivity index (χ0) is 25.7. The Balaban J connectivity index is 1.81. The van der Waals surface area contributed by atoms with Crippen molar-refractivity contribution < 1.29 is 24.3 Å². The maximum Gasteiger partial charge on any atom is 0.258 e. The quantitative estimate of drug-likeness (QED) is 0.322. The third-order valence-corrected chi connectivity index (χ3v) is 5.30. The number of benzene rings is 1. The molecule has 2 atom stereocenters. The van der Waals surface area contributed by atoms with Crippen LogP contribution in [0.15, 0.2) is 28.8 Å². The van der Waals surface area contributed by atoms with E-state index in [9.17, 15) is 15.0 Å². The summed E-state index contributed by atoms with van der Waals surface area (Å²) in [6.07, 6.45) is -1.98. The molecule has 0 radical (unpaired) electrons. The van der Waals surface area contributed by atoms with Crippen molar-refractivity contribution in [3.63, 3.8) is 0 Å². The predicted molar refractivity (Wildman–Crippen MR) is 132 cm³/mol. The summed E-state index contributed by atoms with van der Waals surface area (Å²) >= 11 is 0. The second kappa shape index (κ2) is 11.3. The van der Waals surface area contributed by atoms with Gasteiger partial charge in [0.15, 0.2) is 0 Å². The number of hydrogen-bond acceptors (Lipinski definition) is 9. The average Bonchev–Trinajstić information content (AvgIpc) is 3.27. The highest BCUT2D eigenvalue weighted by molar-refractivity contribution is 5.78. The van der Waals surface area contributed by atoms with Crippen molar-refractivity contribution in [2.45, 2.75) is 65.7 Å². The van der Waals surface area contributed by atoms with E-state index in [0.717, 1.165) is 33.8 Å². The molecule has 0 saturated heterocycles. The summed E-state index contributed by atoms with van der Waals surface area (Å²) in [5, 5.41) is 27.1. The molecule has 1 aromatic carbocycles. The number of ether oxygens (including phenoxy) is 1. The molecule has 0 aliphatic carbocycles. The van der Waals surface area contributed by atoms with Gasteiger partial charge in [0.25, 0.3) is 5.89 Å². The number of hydrogen-bond donors (Lipinski definition) is 4. The number of aliphatic hydroxyl groups is 2. The van der Waals surface area contributed by atoms with E-state index in [4.69, 9.17) is 15.0 Å². The molecule has 0 spiro atoms. The maximum atomic E-state index is 11.0. The molecule has 3 rings (SSSR count). The lowest BCUT2D eigenvalue weighted by atomic mass is 10.0. The first kappa shape index (κ1) is 26.1. The third-order valence-electron chi connectivity index (χ3n) is 5.30. The minimum Gasteiger partial charge on any atom is -0.490 e. The number of primary amides is 1. The Morgan fingerprint density at radius 2 is 1.89 bits per heavy atom. The molecular weight excluding hydrogens is 450 g/mol. The van der Waals surface area contributed by atoms with Crippen molar-refractivity contribution in [2.75, 3.05) is 11.9 Å². The largest absolute Gasteiger partial charge is 0.490 e. The topological polar surface area (TPSA) is 157 Å². The van der Waals surface area contributed by atoms with Gasteiger partial charge in [0.2, 0.25) is 11.7 Å². The fourth-order valence-corrected chi connectivity index (χ4v) is 3.69. The van der Waals surface area contributed by atoms with Gasteiger partial charge in [-0.25, -0.2) is 4.98 Å². The second-order valence-corrected chi connectivity index (χ2v) is 8.86. The van der Waals surface area contributed by atoms with Crippen molar-refractivity contribution >= 4 is 11.7 Å². The van der Waals surface area contributed by atoms with E-state index in [-0.39, 0.29) is 19.1 Å². The Bertz CT molecular complexity index is 1180. The Morgan fingerprint density at radius 3 is 2.54 bits per heavy atom. The molecule has 0 saturated carbocycles. The first-order chi connectivity index (χ1) is 16.6. The van der Waals surface area contributed by atoms with Gasteiger partial charge in [-0.1, -0.05) is 12.1 Å². The van der Waals surface area contributed by atoms with Gasteiger partial charge in [0, 0.05) is 29.3 Å². The van der Waals surface area contributed by atoms with Gasteiger partial charge >= 0.3 is 0 Å². The Morgan fingerprint density at radius 1 is 1.14 bits per heavy atom. The van der Waals surface area contributed by atoms with Crippen LogP contribution in [0, 0.1) is 13.8 Å². The lowest BCUT2D eigenvalue weighted by molar-refractivity contribution is -0.127. The van der Waals surface area contributed by atoms with Gasteiger partial charge in [-0.15, -0.1) is 0 Å². The normalized spacial score (nSPS) is 13.0. The molecule has 5 N–H and O–H groups in total. The molecule has 2 aromatic heterocycles. The number of nitrogens with two attached hydrogens (primary N) is 1. The van der Waals surface area contributed by atoms with Crippen LogP contribution in [0.5, 0.6) is 5.75 Å². The summed E-state index contributed by atoms with van der Waals surface area (Å²) in [6.45, 7) is 9.79. The molecule has 2 heterocycles. The zero-order valence-corrected chi connectivity index (χ0v) is 20.7. The van der Waals surface area contributed by atoms with Crippen molar-refractivity contribution in [3.8, 4) is 28.6 Å². The number of pyridine rings is 1. The van der Waals surface area contributed by atoms with Gasteiger partial charge in [0.1, 0.15) is 24.3 Å². The number of carbonyl (C=O) groups excluding carboxylic acids is 1. The lowest BCUT2D eigenvalue weighted by Crippen LogP contribution is -2.33. The van der Waals surface area contributed by atoms with Crippen LogP contribution in [0.4, 0.5) is 5.82 Å². The number of carbonyl (C=O) groups is 1. The van der Waals surface area contributed by atoms with Gasteiger partial charge < -0.3 is 30.5 Å². The molecule has 10 nitrogen and oxygen atoms in total. The third kappa shape index (κ3) is 6.77. The minimum atomic E-state index is -1.42. The standard InChI is InChI=1S/C25H33N5O5/c1-6-16-9-17(7-14(4)22(16)34-12-19(31)11-20(32)23(26)33)24-29-25(35-30-24)18-8-15(5)28-21(10-18)27-13(2)3/h7-10,13,19-20,31-32H,6,11-12H2,1-5H3,(H2,26,33)(H,27,28)/t19-,20?/m1/s1. The van der Waals surface area contributed by atoms with Crippen LogP contribution in [-0.4, -0.2) is 56.1 Å². The van der Waals surface area contributed by atoms with Gasteiger partial charge in [-0.05, 0) is 69.5 Å². The highest BCUT2D eigenvalue weighted by Gasteiger charge is 2.19. The van der Waals surface area contributed by atoms with Crippen molar-refractivity contribution in [3.05, 3.63) is 41.1 Å². The summed E-state index contributed by atoms with van der Waals surface area (Å²) in [5.41, 5.74) is 9.16. The smallest absolute Gasteiger partial charge is 0.258 e. The van der Waals surface area contributed by atoms with Crippen LogP contribution in [0.2, 0.25) is 0 Å². The Labute approximate surface area is 204 Å². The molecule has 188 valence electrons. The fourth-order valence-electron chi connectivity index (χ4n) is 3.69. The molecule has 0 fully saturated rings. The number of aryl methyl sites for hydroxylation is 3. The number of rotatable bonds is 11. The molecular formula is C25H33N5O5. The summed E-state index contributed by atoms with van der Waals surface area (Å²) in [7, 11) is 0. The molecule has 35 heavy (non-hydrogen) atoms. The monoisotopic (exact) mass is 483 g/mol. The number of aromatic nitrogens is 3. The van der Waals surface area contributed by atoms with Crippen LogP contribution in [0.25, 0.3) is 22.8 Å². The second-order valence-electron chi connectivity index (χ2n) is 8.86. The number of nitrogens with zero attached hydrogens (tertiary/aromatic N) is 3. The number of nitrogens with one attached hydrogen (secondary N) is 1. The first-order valence-corrected chi connectivity index (χ1v) is 11.6. The summed E-state index contributed by atoms with van der Waals surface area (Å²) in [4.78, 5) is 20.1. The highest BCUT2D eigenvalue weighted by atomic mass is 16.5. The molecule has 0 bridgehead atoms. The number of amides is 1. The molecule has 0 aliphatic heterocycles. The van der Waals surface area contributed by atoms with Crippen molar-refractivity contribution in [1.82, 2.24) is 15.1 Å². The first-order valence-electron chi connectivity index (χ1n) is 11.6. The van der Waals surface area contributed by atoms with E-state index in [0.29, 0.717) is 23.9 Å². The van der Waals surface area contributed by atoms with Crippen LogP contribution < -0.4 is 15.8 Å². The molecule has 1 amide bonds. The highest BCUT2D eigenvalue weighted by Crippen LogP contribution is 2.31. The average molecular weight is 484 g/mol. The van der Waals surface area contributed by atoms with E-state index in [1.807, 2.05) is 58.9 Å². The predicted octanol–water partition coefficient (Wildman–Crippen LogP) is 2.77. The van der Waals surface area contributed by atoms with Gasteiger partial charge in [-0.3, -0.25) is 4.79 Å². The number of anilines is 1. The van der Waals surface area contributed by atoms with Crippen molar-refractivity contribution in [1.29, 1.82) is 0 Å². The SMILES string of the molecule is CCc1cc(-c2noc(-c3cc(C)nc(NC(C)C)c3)n2)cc(C)c1OC[C@H](O)CC(O)C(N)=O. The van der Waals surface area contributed by atoms with Crippen LogP contribution in [0.1, 0.15) is 44.0 Å². The molecule has 0 aliphatic rings. The van der Waals surface area contributed by atoms with Crippen LogP contribution in [-0.2, 0) is 11.2 Å². The molecule has 3 aromatic rings. The Kier molecular flexibility index (Phi) is 8.42. The minimum absolute atomic E-state index is 0.0853. The summed E-state index contributed by atoms with van der Waals surface area (Å²) in [6, 6.07) is 7.82. The van der Waals surface area contributed by atoms with E-state index < -0.39 is 18.1 Å². The van der Waals surface area contributed by atoms with E-state index in [2.05, 4.69) is 20.4 Å². The maximum absolute atomic E-state index is 11.0. The molecule has 10 heteroatoms. The zero-order valence-electron chi connectivity index (χ0n) is 20.7.